The molecule has 3 aliphatic rings. The zero-order valence-electron chi connectivity index (χ0n) is 18.3. The molecule has 1 saturated carbocycles. The van der Waals surface area contributed by atoms with Crippen LogP contribution in [-0.2, 0) is 9.53 Å². The van der Waals surface area contributed by atoms with Gasteiger partial charge in [-0.2, -0.15) is 0 Å². The summed E-state index contributed by atoms with van der Waals surface area (Å²) in [6, 6.07) is 10.2. The molecule has 3 fully saturated rings. The maximum atomic E-state index is 11.8. The fourth-order valence-electron chi connectivity index (χ4n) is 5.52. The number of likely N-dealkylation sites (tertiary alicyclic amines) is 1. The highest BCUT2D eigenvalue weighted by Gasteiger charge is 2.45. The lowest BCUT2D eigenvalue weighted by atomic mass is 9.80. The highest BCUT2D eigenvalue weighted by Crippen LogP contribution is 2.38. The quantitative estimate of drug-likeness (QED) is 0.818. The molecule has 0 bridgehead atoms. The monoisotopic (exact) mass is 416 g/mol. The number of ether oxygens (including phenoxy) is 2. The molecule has 1 aromatic rings. The van der Waals surface area contributed by atoms with Crippen LogP contribution in [0.1, 0.15) is 51.9 Å². The highest BCUT2D eigenvalue weighted by atomic mass is 16.5. The van der Waals surface area contributed by atoms with E-state index in [-0.39, 0.29) is 29.7 Å². The molecule has 4 atom stereocenters. The van der Waals surface area contributed by atoms with E-state index in [4.69, 9.17) is 9.47 Å². The molecule has 166 valence electrons. The predicted octanol–water partition coefficient (Wildman–Crippen LogP) is 2.84. The van der Waals surface area contributed by atoms with Gasteiger partial charge in [-0.05, 0) is 57.1 Å². The summed E-state index contributed by atoms with van der Waals surface area (Å²) in [6.45, 7) is 4.22. The van der Waals surface area contributed by atoms with Gasteiger partial charge in [-0.25, -0.2) is 0 Å². The summed E-state index contributed by atoms with van der Waals surface area (Å²) in [5, 5.41) is 11.1. The molecule has 1 aliphatic carbocycles. The van der Waals surface area contributed by atoms with E-state index < -0.39 is 6.10 Å². The van der Waals surface area contributed by atoms with Crippen molar-refractivity contribution in [3.63, 3.8) is 0 Å². The van der Waals surface area contributed by atoms with Crippen LogP contribution < -0.4 is 4.74 Å². The van der Waals surface area contributed by atoms with Crippen LogP contribution in [0, 0.1) is 0 Å². The van der Waals surface area contributed by atoms with E-state index in [2.05, 4.69) is 4.90 Å². The molecule has 1 aromatic carbocycles. The van der Waals surface area contributed by atoms with Gasteiger partial charge in [-0.3, -0.25) is 9.69 Å². The first-order valence-corrected chi connectivity index (χ1v) is 11.5. The summed E-state index contributed by atoms with van der Waals surface area (Å²) in [6.07, 6.45) is 6.11. The molecule has 2 saturated heterocycles. The van der Waals surface area contributed by atoms with Crippen LogP contribution in [0.2, 0.25) is 0 Å². The Morgan fingerprint density at radius 1 is 1.20 bits per heavy atom. The van der Waals surface area contributed by atoms with Gasteiger partial charge in [0.15, 0.2) is 0 Å². The highest BCUT2D eigenvalue weighted by molar-refractivity contribution is 5.73. The topological polar surface area (TPSA) is 62.2 Å². The van der Waals surface area contributed by atoms with Crippen molar-refractivity contribution in [1.82, 2.24) is 9.80 Å². The Morgan fingerprint density at radius 3 is 2.63 bits per heavy atom. The fraction of sp³-hybridized carbons (Fsp3) is 0.708. The maximum absolute atomic E-state index is 11.8. The average Bonchev–Trinajstić information content (AvgIpc) is 2.76. The number of piperidine rings is 1. The standard InChI is InChI=1S/C24H36N2O4/c1-18(27)25(2)19-11-16-29-24(17-19)12-14-26(15-13-24)21-9-6-10-22(23(21)28)30-20-7-4-3-5-8-20/h3-5,7-8,19,21-23,28H,6,9-17H2,1-2H3/t19-,21+,22-,23-/m1/s1. The van der Waals surface area contributed by atoms with E-state index in [1.807, 2.05) is 42.3 Å². The molecule has 2 heterocycles. The van der Waals surface area contributed by atoms with E-state index >= 15 is 0 Å². The third-order valence-electron chi connectivity index (χ3n) is 7.48. The first-order valence-electron chi connectivity index (χ1n) is 11.5. The van der Waals surface area contributed by atoms with Gasteiger partial charge in [0.05, 0.1) is 5.60 Å². The minimum absolute atomic E-state index is 0.122. The van der Waals surface area contributed by atoms with Gasteiger partial charge >= 0.3 is 0 Å². The van der Waals surface area contributed by atoms with Crippen molar-refractivity contribution in [2.45, 2.75) is 81.8 Å². The molecule has 1 spiro atoms. The Kier molecular flexibility index (Phi) is 6.66. The van der Waals surface area contributed by atoms with Gasteiger partial charge in [0, 0.05) is 45.8 Å². The Balaban J connectivity index is 1.34. The molecule has 1 amide bonds. The first-order chi connectivity index (χ1) is 14.5. The molecule has 30 heavy (non-hydrogen) atoms. The Hall–Kier alpha value is -1.63. The van der Waals surface area contributed by atoms with Crippen molar-refractivity contribution in [1.29, 1.82) is 0 Å². The number of rotatable bonds is 4. The van der Waals surface area contributed by atoms with Crippen molar-refractivity contribution in [2.24, 2.45) is 0 Å². The number of carbonyl (C=O) groups excluding carboxylic acids is 1. The lowest BCUT2D eigenvalue weighted by Gasteiger charge is -2.50. The molecule has 0 unspecified atom stereocenters. The van der Waals surface area contributed by atoms with Crippen LogP contribution >= 0.6 is 0 Å². The lowest BCUT2D eigenvalue weighted by Crippen LogP contribution is -2.59. The number of hydrogen-bond acceptors (Lipinski definition) is 5. The molecule has 6 heteroatoms. The first kappa shape index (κ1) is 21.6. The summed E-state index contributed by atoms with van der Waals surface area (Å²) in [4.78, 5) is 16.1. The summed E-state index contributed by atoms with van der Waals surface area (Å²) in [7, 11) is 1.91. The van der Waals surface area contributed by atoms with Crippen LogP contribution in [0.15, 0.2) is 30.3 Å². The summed E-state index contributed by atoms with van der Waals surface area (Å²) >= 11 is 0. The number of aliphatic hydroxyl groups is 1. The smallest absolute Gasteiger partial charge is 0.219 e. The number of hydrogen-bond donors (Lipinski definition) is 1. The van der Waals surface area contributed by atoms with E-state index in [1.165, 1.54) is 0 Å². The second-order valence-corrected chi connectivity index (χ2v) is 9.30. The molecule has 0 aromatic heterocycles. The zero-order chi connectivity index (χ0) is 21.1. The molecule has 1 N–H and O–H groups in total. The van der Waals surface area contributed by atoms with Crippen LogP contribution in [-0.4, -0.2) is 77.5 Å². The molecule has 0 radical (unpaired) electrons. The molecule has 4 rings (SSSR count). The average molecular weight is 417 g/mol. The van der Waals surface area contributed by atoms with Crippen LogP contribution in [0.4, 0.5) is 0 Å². The van der Waals surface area contributed by atoms with E-state index in [1.54, 1.807) is 6.92 Å². The normalized spacial score (nSPS) is 32.0. The van der Waals surface area contributed by atoms with Gasteiger partial charge in [0.2, 0.25) is 5.91 Å². The predicted molar refractivity (Wildman–Crippen MR) is 115 cm³/mol. The van der Waals surface area contributed by atoms with E-state index in [9.17, 15) is 9.90 Å². The summed E-state index contributed by atoms with van der Waals surface area (Å²) in [5.74, 6) is 0.959. The Labute approximate surface area is 180 Å². The molecular weight excluding hydrogens is 380 g/mol. The number of benzene rings is 1. The summed E-state index contributed by atoms with van der Waals surface area (Å²) < 4.78 is 12.4. The molecular formula is C24H36N2O4. The van der Waals surface area contributed by atoms with Gasteiger partial charge in [0.1, 0.15) is 18.0 Å². The Bertz CT molecular complexity index is 704. The number of carbonyl (C=O) groups is 1. The second-order valence-electron chi connectivity index (χ2n) is 9.30. The van der Waals surface area contributed by atoms with Crippen molar-refractivity contribution in [3.05, 3.63) is 30.3 Å². The van der Waals surface area contributed by atoms with Crippen LogP contribution in [0.3, 0.4) is 0 Å². The van der Waals surface area contributed by atoms with Crippen molar-refractivity contribution >= 4 is 5.91 Å². The summed E-state index contributed by atoms with van der Waals surface area (Å²) in [5.41, 5.74) is -0.122. The minimum Gasteiger partial charge on any atom is -0.488 e. The van der Waals surface area contributed by atoms with Crippen molar-refractivity contribution < 1.29 is 19.4 Å². The second kappa shape index (κ2) is 9.25. The fourth-order valence-corrected chi connectivity index (χ4v) is 5.52. The molecule has 6 nitrogen and oxygen atoms in total. The minimum atomic E-state index is -0.475. The van der Waals surface area contributed by atoms with Gasteiger partial charge in [0.25, 0.3) is 0 Å². The SMILES string of the molecule is CC(=O)N(C)[C@@H]1CCOC2(CCN([C@H]3CCC[C@@H](Oc4ccccc4)[C@@H]3O)CC2)C1. The van der Waals surface area contributed by atoms with Gasteiger partial charge in [-0.1, -0.05) is 18.2 Å². The largest absolute Gasteiger partial charge is 0.488 e. The van der Waals surface area contributed by atoms with Gasteiger partial charge in [-0.15, -0.1) is 0 Å². The maximum Gasteiger partial charge on any atom is 0.219 e. The number of nitrogens with zero attached hydrogens (tertiary/aromatic N) is 2. The van der Waals surface area contributed by atoms with E-state index in [0.717, 1.165) is 70.4 Å². The number of aliphatic hydroxyl groups excluding tert-OH is 1. The van der Waals surface area contributed by atoms with Crippen molar-refractivity contribution in [3.8, 4) is 5.75 Å². The van der Waals surface area contributed by atoms with Crippen LogP contribution in [0.25, 0.3) is 0 Å². The zero-order valence-corrected chi connectivity index (χ0v) is 18.3. The van der Waals surface area contributed by atoms with Crippen molar-refractivity contribution in [2.75, 3.05) is 26.7 Å². The van der Waals surface area contributed by atoms with E-state index in [0.29, 0.717) is 0 Å². The third-order valence-corrected chi connectivity index (χ3v) is 7.48. The lowest BCUT2D eigenvalue weighted by molar-refractivity contribution is -0.152. The molecule has 2 aliphatic heterocycles. The third kappa shape index (κ3) is 4.66. The number of amides is 1. The van der Waals surface area contributed by atoms with Crippen LogP contribution in [0.5, 0.6) is 5.75 Å². The number of para-hydroxylation sites is 1. The van der Waals surface area contributed by atoms with Gasteiger partial charge < -0.3 is 19.5 Å². The Morgan fingerprint density at radius 2 is 1.93 bits per heavy atom.